The Hall–Kier alpha value is -2.75. The van der Waals surface area contributed by atoms with E-state index in [-0.39, 0.29) is 5.78 Å². The summed E-state index contributed by atoms with van der Waals surface area (Å²) in [6.45, 7) is 0.685. The molecular weight excluding hydrogens is 386 g/mol. The number of allylic oxidation sites excluding steroid dienone is 1. The first-order chi connectivity index (χ1) is 13.7. The first kappa shape index (κ1) is 17.4. The highest BCUT2D eigenvalue weighted by molar-refractivity contribution is 8.04. The summed E-state index contributed by atoms with van der Waals surface area (Å²) in [5.41, 5.74) is 4.04. The van der Waals surface area contributed by atoms with E-state index in [9.17, 15) is 4.79 Å². The van der Waals surface area contributed by atoms with Crippen LogP contribution in [0.15, 0.2) is 88.8 Å². The molecule has 2 nitrogen and oxygen atoms in total. The highest BCUT2D eigenvalue weighted by atomic mass is 35.5. The molecule has 0 bridgehead atoms. The van der Waals surface area contributed by atoms with Crippen molar-refractivity contribution in [2.45, 2.75) is 11.4 Å². The molecule has 0 amide bonds. The van der Waals surface area contributed by atoms with Crippen molar-refractivity contribution in [3.05, 3.63) is 106 Å². The number of aromatic nitrogens is 1. The Bertz CT molecular complexity index is 1250. The van der Waals surface area contributed by atoms with Gasteiger partial charge < -0.3 is 4.57 Å². The minimum atomic E-state index is 0.100. The summed E-state index contributed by atoms with van der Waals surface area (Å²) >= 11 is 7.91. The van der Waals surface area contributed by atoms with Crippen LogP contribution in [-0.2, 0) is 6.54 Å². The number of carbonyl (C=O) groups is 1. The van der Waals surface area contributed by atoms with Gasteiger partial charge in [-0.1, -0.05) is 71.9 Å². The van der Waals surface area contributed by atoms with Crippen molar-refractivity contribution in [2.75, 3.05) is 0 Å². The summed E-state index contributed by atoms with van der Waals surface area (Å²) in [6, 6.07) is 23.9. The summed E-state index contributed by atoms with van der Waals surface area (Å²) < 4.78 is 2.19. The fourth-order valence-corrected chi connectivity index (χ4v) is 4.85. The lowest BCUT2D eigenvalue weighted by Gasteiger charge is -2.07. The average Bonchev–Trinajstić information content (AvgIpc) is 3.22. The van der Waals surface area contributed by atoms with Crippen LogP contribution in [0.25, 0.3) is 17.0 Å². The molecule has 0 saturated carbocycles. The van der Waals surface area contributed by atoms with Crippen LogP contribution in [0, 0.1) is 0 Å². The number of para-hydroxylation sites is 1. The second-order valence-corrected chi connectivity index (χ2v) is 8.25. The predicted molar refractivity (Wildman–Crippen MR) is 117 cm³/mol. The number of carbonyl (C=O) groups excluding carboxylic acids is 1. The predicted octanol–water partition coefficient (Wildman–Crippen LogP) is 6.67. The van der Waals surface area contributed by atoms with E-state index in [1.165, 1.54) is 0 Å². The molecule has 136 valence electrons. The van der Waals surface area contributed by atoms with Gasteiger partial charge in [-0.15, -0.1) is 0 Å². The van der Waals surface area contributed by atoms with Gasteiger partial charge >= 0.3 is 0 Å². The van der Waals surface area contributed by atoms with Crippen LogP contribution in [0.1, 0.15) is 21.5 Å². The number of fused-ring (bicyclic) bond motifs is 2. The minimum Gasteiger partial charge on any atom is -0.342 e. The number of benzene rings is 3. The van der Waals surface area contributed by atoms with Crippen LogP contribution < -0.4 is 0 Å². The molecule has 0 fully saturated rings. The fraction of sp³-hybridized carbons (Fsp3) is 0.0417. The van der Waals surface area contributed by atoms with Gasteiger partial charge in [0, 0.05) is 44.7 Å². The van der Waals surface area contributed by atoms with E-state index in [0.29, 0.717) is 6.54 Å². The van der Waals surface area contributed by atoms with Gasteiger partial charge in [0.05, 0.1) is 4.91 Å². The van der Waals surface area contributed by atoms with Crippen LogP contribution in [-0.4, -0.2) is 10.4 Å². The van der Waals surface area contributed by atoms with Crippen molar-refractivity contribution < 1.29 is 4.79 Å². The number of halogens is 1. The van der Waals surface area contributed by atoms with E-state index in [0.717, 1.165) is 42.4 Å². The summed E-state index contributed by atoms with van der Waals surface area (Å²) in [7, 11) is 0. The molecule has 1 aromatic heterocycles. The smallest absolute Gasteiger partial charge is 0.200 e. The molecule has 0 atom stereocenters. The summed E-state index contributed by atoms with van der Waals surface area (Å²) in [6.07, 6.45) is 4.12. The number of ketones is 1. The summed E-state index contributed by atoms with van der Waals surface area (Å²) in [5, 5.41) is 1.89. The van der Waals surface area contributed by atoms with Crippen molar-refractivity contribution in [1.82, 2.24) is 4.57 Å². The second kappa shape index (κ2) is 7.01. The molecular formula is C24H16ClNOS. The van der Waals surface area contributed by atoms with Crippen LogP contribution in [0.5, 0.6) is 0 Å². The molecule has 0 unspecified atom stereocenters. The van der Waals surface area contributed by atoms with Crippen molar-refractivity contribution in [2.24, 2.45) is 0 Å². The SMILES string of the molecule is O=C1C(=Cc2cn(Cc3ccccc3Cl)c3ccccc23)Sc2ccccc21. The molecule has 0 spiro atoms. The first-order valence-electron chi connectivity index (χ1n) is 9.05. The molecule has 4 heteroatoms. The zero-order valence-electron chi connectivity index (χ0n) is 14.9. The van der Waals surface area contributed by atoms with E-state index >= 15 is 0 Å². The van der Waals surface area contributed by atoms with Gasteiger partial charge in [0.1, 0.15) is 0 Å². The quantitative estimate of drug-likeness (QED) is 0.357. The number of hydrogen-bond acceptors (Lipinski definition) is 2. The monoisotopic (exact) mass is 401 g/mol. The maximum atomic E-state index is 12.8. The van der Waals surface area contributed by atoms with E-state index in [1.807, 2.05) is 66.7 Å². The summed E-state index contributed by atoms with van der Waals surface area (Å²) in [5.74, 6) is 0.100. The zero-order valence-corrected chi connectivity index (χ0v) is 16.5. The molecule has 1 aliphatic rings. The number of hydrogen-bond donors (Lipinski definition) is 0. The molecule has 28 heavy (non-hydrogen) atoms. The Balaban J connectivity index is 1.58. The third kappa shape index (κ3) is 2.97. The molecule has 2 heterocycles. The van der Waals surface area contributed by atoms with E-state index in [1.54, 1.807) is 11.8 Å². The van der Waals surface area contributed by atoms with Gasteiger partial charge in [-0.05, 0) is 35.9 Å². The molecule has 3 aromatic carbocycles. The van der Waals surface area contributed by atoms with E-state index < -0.39 is 0 Å². The largest absolute Gasteiger partial charge is 0.342 e. The van der Waals surface area contributed by atoms with Gasteiger partial charge in [0.25, 0.3) is 0 Å². The van der Waals surface area contributed by atoms with Gasteiger partial charge in [0.2, 0.25) is 5.78 Å². The van der Waals surface area contributed by atoms with Crippen LogP contribution in [0.4, 0.5) is 0 Å². The lowest BCUT2D eigenvalue weighted by atomic mass is 10.1. The van der Waals surface area contributed by atoms with Crippen LogP contribution >= 0.6 is 23.4 Å². The highest BCUT2D eigenvalue weighted by Crippen LogP contribution is 2.41. The Kier molecular flexibility index (Phi) is 4.34. The lowest BCUT2D eigenvalue weighted by molar-refractivity contribution is 0.104. The zero-order chi connectivity index (χ0) is 19.1. The Labute approximate surface area is 172 Å². The van der Waals surface area contributed by atoms with Gasteiger partial charge in [-0.25, -0.2) is 0 Å². The third-order valence-electron chi connectivity index (χ3n) is 4.98. The third-order valence-corrected chi connectivity index (χ3v) is 6.45. The van der Waals surface area contributed by atoms with Crippen LogP contribution in [0.2, 0.25) is 5.02 Å². The fourth-order valence-electron chi connectivity index (χ4n) is 3.61. The topological polar surface area (TPSA) is 22.0 Å². The van der Waals surface area contributed by atoms with Gasteiger partial charge in [-0.3, -0.25) is 4.79 Å². The molecule has 1 aliphatic heterocycles. The van der Waals surface area contributed by atoms with Crippen molar-refractivity contribution in [3.8, 4) is 0 Å². The van der Waals surface area contributed by atoms with E-state index in [4.69, 9.17) is 11.6 Å². The molecule has 0 N–H and O–H groups in total. The molecule has 0 radical (unpaired) electrons. The second-order valence-electron chi connectivity index (χ2n) is 6.76. The number of thioether (sulfide) groups is 1. The number of Topliss-reactive ketones (excluding diaryl/α,β-unsaturated/α-hetero) is 1. The Morgan fingerprint density at radius 2 is 1.68 bits per heavy atom. The van der Waals surface area contributed by atoms with Crippen molar-refractivity contribution in [1.29, 1.82) is 0 Å². The molecule has 5 rings (SSSR count). The highest BCUT2D eigenvalue weighted by Gasteiger charge is 2.25. The number of nitrogens with zero attached hydrogens (tertiary/aromatic N) is 1. The maximum absolute atomic E-state index is 12.8. The van der Waals surface area contributed by atoms with Gasteiger partial charge in [0.15, 0.2) is 0 Å². The van der Waals surface area contributed by atoms with Crippen molar-refractivity contribution >= 4 is 46.1 Å². The average molecular weight is 402 g/mol. The minimum absolute atomic E-state index is 0.100. The normalized spacial score (nSPS) is 14.8. The Morgan fingerprint density at radius 1 is 0.929 bits per heavy atom. The van der Waals surface area contributed by atoms with Crippen LogP contribution in [0.3, 0.4) is 0 Å². The van der Waals surface area contributed by atoms with Crippen molar-refractivity contribution in [3.63, 3.8) is 0 Å². The molecule has 0 aliphatic carbocycles. The molecule has 0 saturated heterocycles. The molecule has 4 aromatic rings. The standard InChI is InChI=1S/C24H16ClNOS/c25-20-10-4-1-7-16(20)14-26-15-17(18-8-2-5-11-21(18)26)13-23-24(27)19-9-3-6-12-22(19)28-23/h1-13,15H,14H2. The number of rotatable bonds is 3. The Morgan fingerprint density at radius 3 is 2.54 bits per heavy atom. The maximum Gasteiger partial charge on any atom is 0.200 e. The lowest BCUT2D eigenvalue weighted by Crippen LogP contribution is -1.98. The first-order valence-corrected chi connectivity index (χ1v) is 10.2. The summed E-state index contributed by atoms with van der Waals surface area (Å²) in [4.78, 5) is 14.6. The van der Waals surface area contributed by atoms with E-state index in [2.05, 4.69) is 22.9 Å². The van der Waals surface area contributed by atoms with Gasteiger partial charge in [-0.2, -0.15) is 0 Å².